The molecule has 152 valence electrons. The van der Waals surface area contributed by atoms with Crippen LogP contribution in [0.15, 0.2) is 83.8 Å². The number of phenols is 1. The van der Waals surface area contributed by atoms with Crippen LogP contribution in [0, 0.1) is 0 Å². The van der Waals surface area contributed by atoms with Crippen molar-refractivity contribution < 1.29 is 18.1 Å². The second-order valence-electron chi connectivity index (χ2n) is 6.76. The van der Waals surface area contributed by atoms with E-state index in [1.165, 1.54) is 12.1 Å². The molecule has 0 bridgehead atoms. The van der Waals surface area contributed by atoms with Crippen LogP contribution in [0.4, 0.5) is 17.1 Å². The predicted octanol–water partition coefficient (Wildman–Crippen LogP) is 4.48. The second-order valence-corrected chi connectivity index (χ2v) is 8.18. The molecule has 4 aromatic carbocycles. The molecule has 0 aromatic heterocycles. The number of nitrogen functional groups attached to an aromatic ring is 1. The first kappa shape index (κ1) is 19.6. The smallest absolute Gasteiger partial charge is 0.294 e. The molecule has 0 radical (unpaired) electrons. The molecule has 0 aliphatic carbocycles. The summed E-state index contributed by atoms with van der Waals surface area (Å²) in [5, 5.41) is 10.6. The van der Waals surface area contributed by atoms with Gasteiger partial charge >= 0.3 is 0 Å². The Morgan fingerprint density at radius 2 is 1.37 bits per heavy atom. The number of benzene rings is 4. The Labute approximate surface area is 173 Å². The SMILES string of the molecule is Nc1ccc(NNc2ccc(-c3ccc(O)cc3)cc2)c2ccc(S(=O)(=O)O)cc12. The lowest BCUT2D eigenvalue weighted by atomic mass is 10.1. The maximum Gasteiger partial charge on any atom is 0.294 e. The van der Waals surface area contributed by atoms with E-state index in [0.29, 0.717) is 22.1 Å². The van der Waals surface area contributed by atoms with Gasteiger partial charge in [-0.3, -0.25) is 4.55 Å². The molecule has 7 nitrogen and oxygen atoms in total. The van der Waals surface area contributed by atoms with E-state index in [1.54, 1.807) is 30.3 Å². The minimum atomic E-state index is -4.31. The Morgan fingerprint density at radius 1 is 0.733 bits per heavy atom. The number of aromatic hydroxyl groups is 1. The van der Waals surface area contributed by atoms with E-state index < -0.39 is 10.1 Å². The van der Waals surface area contributed by atoms with Gasteiger partial charge in [0, 0.05) is 16.5 Å². The van der Waals surface area contributed by atoms with Gasteiger partial charge in [0.1, 0.15) is 5.75 Å². The van der Waals surface area contributed by atoms with Gasteiger partial charge < -0.3 is 21.7 Å². The summed E-state index contributed by atoms with van der Waals surface area (Å²) in [6, 6.07) is 22.4. The van der Waals surface area contributed by atoms with Crippen molar-refractivity contribution in [1.82, 2.24) is 0 Å². The lowest BCUT2D eigenvalue weighted by molar-refractivity contribution is 0.475. The van der Waals surface area contributed by atoms with Crippen LogP contribution in [-0.2, 0) is 10.1 Å². The third-order valence-corrected chi connectivity index (χ3v) is 5.60. The van der Waals surface area contributed by atoms with Crippen molar-refractivity contribution in [3.05, 3.63) is 78.9 Å². The van der Waals surface area contributed by atoms with Gasteiger partial charge in [0.15, 0.2) is 0 Å². The molecule has 30 heavy (non-hydrogen) atoms. The van der Waals surface area contributed by atoms with Crippen molar-refractivity contribution in [2.45, 2.75) is 4.90 Å². The van der Waals surface area contributed by atoms with Crippen LogP contribution in [0.5, 0.6) is 5.75 Å². The number of hydrogen-bond donors (Lipinski definition) is 5. The van der Waals surface area contributed by atoms with Crippen molar-refractivity contribution in [1.29, 1.82) is 0 Å². The third kappa shape index (κ3) is 4.00. The maximum absolute atomic E-state index is 11.4. The summed E-state index contributed by atoms with van der Waals surface area (Å²) in [4.78, 5) is -0.211. The van der Waals surface area contributed by atoms with Crippen LogP contribution in [0.3, 0.4) is 0 Å². The molecule has 4 rings (SSSR count). The fourth-order valence-electron chi connectivity index (χ4n) is 3.16. The summed E-state index contributed by atoms with van der Waals surface area (Å²) in [6.45, 7) is 0. The van der Waals surface area contributed by atoms with E-state index in [9.17, 15) is 18.1 Å². The van der Waals surface area contributed by atoms with E-state index in [0.717, 1.165) is 16.8 Å². The van der Waals surface area contributed by atoms with Gasteiger partial charge in [0.25, 0.3) is 10.1 Å². The molecule has 0 amide bonds. The van der Waals surface area contributed by atoms with E-state index >= 15 is 0 Å². The molecule has 0 spiro atoms. The van der Waals surface area contributed by atoms with Crippen LogP contribution in [0.1, 0.15) is 0 Å². The van der Waals surface area contributed by atoms with Gasteiger partial charge in [-0.2, -0.15) is 8.42 Å². The fourth-order valence-corrected chi connectivity index (χ4v) is 3.67. The zero-order chi connectivity index (χ0) is 21.3. The van der Waals surface area contributed by atoms with Crippen molar-refractivity contribution in [3.8, 4) is 16.9 Å². The highest BCUT2D eigenvalue weighted by molar-refractivity contribution is 7.85. The molecule has 0 atom stereocenters. The topological polar surface area (TPSA) is 125 Å². The highest BCUT2D eigenvalue weighted by Crippen LogP contribution is 2.31. The molecular weight excluding hydrogens is 402 g/mol. The maximum atomic E-state index is 11.4. The number of rotatable bonds is 5. The quantitative estimate of drug-likeness (QED) is 0.183. The van der Waals surface area contributed by atoms with Crippen LogP contribution in [-0.4, -0.2) is 18.1 Å². The Bertz CT molecular complexity index is 1320. The summed E-state index contributed by atoms with van der Waals surface area (Å²) in [6.07, 6.45) is 0. The normalized spacial score (nSPS) is 11.4. The van der Waals surface area contributed by atoms with E-state index in [4.69, 9.17) is 5.73 Å². The molecule has 4 aromatic rings. The summed E-state index contributed by atoms with van der Waals surface area (Å²) in [5.74, 6) is 0.223. The summed E-state index contributed by atoms with van der Waals surface area (Å²) in [5.41, 5.74) is 16.1. The lowest BCUT2D eigenvalue weighted by Crippen LogP contribution is -2.09. The number of anilines is 3. The van der Waals surface area contributed by atoms with E-state index in [1.807, 2.05) is 36.4 Å². The van der Waals surface area contributed by atoms with Gasteiger partial charge in [-0.1, -0.05) is 30.3 Å². The van der Waals surface area contributed by atoms with Crippen molar-refractivity contribution in [3.63, 3.8) is 0 Å². The summed E-state index contributed by atoms with van der Waals surface area (Å²) in [7, 11) is -4.31. The molecule has 0 saturated carbocycles. The Balaban J connectivity index is 1.56. The number of fused-ring (bicyclic) bond motifs is 1. The third-order valence-electron chi connectivity index (χ3n) is 4.75. The molecule has 8 heteroatoms. The number of hydrazine groups is 1. The van der Waals surface area contributed by atoms with Crippen molar-refractivity contribution in [2.24, 2.45) is 0 Å². The second kappa shape index (κ2) is 7.58. The number of nitrogens with one attached hydrogen (secondary N) is 2. The Kier molecular flexibility index (Phi) is 4.94. The zero-order valence-electron chi connectivity index (χ0n) is 15.7. The average molecular weight is 421 g/mol. The van der Waals surface area contributed by atoms with Crippen LogP contribution >= 0.6 is 0 Å². The summed E-state index contributed by atoms with van der Waals surface area (Å²) < 4.78 is 32.1. The number of phenolic OH excluding ortho intramolecular Hbond substituents is 1. The zero-order valence-corrected chi connectivity index (χ0v) is 16.5. The first-order chi connectivity index (χ1) is 14.3. The average Bonchev–Trinajstić information content (AvgIpc) is 2.73. The molecule has 0 heterocycles. The van der Waals surface area contributed by atoms with E-state index in [-0.39, 0.29) is 10.6 Å². The molecule has 0 aliphatic heterocycles. The van der Waals surface area contributed by atoms with Gasteiger partial charge in [0.2, 0.25) is 0 Å². The van der Waals surface area contributed by atoms with E-state index in [2.05, 4.69) is 10.9 Å². The fraction of sp³-hybridized carbons (Fsp3) is 0. The minimum absolute atomic E-state index is 0.211. The molecule has 0 aliphatic rings. The standard InChI is InChI=1S/C22H19N3O4S/c23-21-11-12-22(19-10-9-18(13-20(19)21)30(27,28)29)25-24-16-5-1-14(2-6-16)15-3-7-17(26)8-4-15/h1-13,24-26H,23H2,(H,27,28,29). The first-order valence-corrected chi connectivity index (χ1v) is 10.5. The molecule has 0 fully saturated rings. The summed E-state index contributed by atoms with van der Waals surface area (Å²) >= 11 is 0. The van der Waals surface area contributed by atoms with Gasteiger partial charge in [0.05, 0.1) is 16.3 Å². The monoisotopic (exact) mass is 421 g/mol. The van der Waals surface area contributed by atoms with Crippen LogP contribution < -0.4 is 16.6 Å². The molecule has 0 saturated heterocycles. The van der Waals surface area contributed by atoms with Gasteiger partial charge in [-0.05, 0) is 59.7 Å². The molecular formula is C22H19N3O4S. The van der Waals surface area contributed by atoms with Crippen LogP contribution in [0.25, 0.3) is 21.9 Å². The predicted molar refractivity (Wildman–Crippen MR) is 119 cm³/mol. The first-order valence-electron chi connectivity index (χ1n) is 9.02. The Hall–Kier alpha value is -3.75. The highest BCUT2D eigenvalue weighted by atomic mass is 32.2. The minimum Gasteiger partial charge on any atom is -0.508 e. The largest absolute Gasteiger partial charge is 0.508 e. The van der Waals surface area contributed by atoms with Crippen LogP contribution in [0.2, 0.25) is 0 Å². The lowest BCUT2D eigenvalue weighted by Gasteiger charge is -2.14. The molecule has 0 unspecified atom stereocenters. The molecule has 6 N–H and O–H groups in total. The number of hydrogen-bond acceptors (Lipinski definition) is 6. The highest BCUT2D eigenvalue weighted by Gasteiger charge is 2.12. The number of nitrogens with two attached hydrogens (primary N) is 1. The van der Waals surface area contributed by atoms with Crippen molar-refractivity contribution in [2.75, 3.05) is 16.6 Å². The van der Waals surface area contributed by atoms with Crippen molar-refractivity contribution >= 4 is 38.0 Å². The van der Waals surface area contributed by atoms with Gasteiger partial charge in [-0.25, -0.2) is 0 Å². The van der Waals surface area contributed by atoms with Gasteiger partial charge in [-0.15, -0.1) is 0 Å². The Morgan fingerprint density at radius 3 is 2.00 bits per heavy atom.